The first kappa shape index (κ1) is 10.2. The van der Waals surface area contributed by atoms with Crippen molar-refractivity contribution in [2.75, 3.05) is 6.54 Å². The van der Waals surface area contributed by atoms with Gasteiger partial charge in [-0.1, -0.05) is 6.07 Å². The number of nitrogens with zero attached hydrogens (tertiary/aromatic N) is 1. The van der Waals surface area contributed by atoms with Crippen LogP contribution in [0.1, 0.15) is 5.69 Å². The molecule has 0 aliphatic carbocycles. The number of carbonyl (C=O) groups is 2. The van der Waals surface area contributed by atoms with Crippen molar-refractivity contribution in [1.29, 1.82) is 0 Å². The van der Waals surface area contributed by atoms with Gasteiger partial charge < -0.3 is 10.6 Å². The fourth-order valence-corrected chi connectivity index (χ4v) is 0.889. The molecule has 0 saturated carbocycles. The molecule has 0 aliphatic rings. The highest BCUT2D eigenvalue weighted by Gasteiger charge is 1.99. The number of carbonyl (C=O) groups excluding carboxylic acids is 2. The van der Waals surface area contributed by atoms with Crippen LogP contribution in [0.3, 0.4) is 0 Å². The summed E-state index contributed by atoms with van der Waals surface area (Å²) in [4.78, 5) is 24.9. The smallest absolute Gasteiger partial charge is 0.239 e. The van der Waals surface area contributed by atoms with Crippen molar-refractivity contribution in [2.45, 2.75) is 6.54 Å². The molecule has 0 radical (unpaired) electrons. The zero-order valence-electron chi connectivity index (χ0n) is 7.56. The number of aromatic nitrogens is 1. The van der Waals surface area contributed by atoms with Crippen LogP contribution in [0.4, 0.5) is 0 Å². The molecule has 1 heterocycles. The molecule has 74 valence electrons. The van der Waals surface area contributed by atoms with E-state index in [4.69, 9.17) is 0 Å². The van der Waals surface area contributed by atoms with E-state index in [0.717, 1.165) is 5.69 Å². The normalized spacial score (nSPS) is 9.14. The summed E-state index contributed by atoms with van der Waals surface area (Å²) in [6, 6.07) is 5.46. The molecule has 5 nitrogen and oxygen atoms in total. The molecule has 1 aromatic heterocycles. The minimum absolute atomic E-state index is 0.00364. The van der Waals surface area contributed by atoms with Gasteiger partial charge in [0.05, 0.1) is 18.8 Å². The fourth-order valence-electron chi connectivity index (χ4n) is 0.889. The van der Waals surface area contributed by atoms with E-state index < -0.39 is 0 Å². The SMILES string of the molecule is O=CNCC(=O)NCc1ccccn1. The number of pyridine rings is 1. The van der Waals surface area contributed by atoms with Gasteiger partial charge in [-0.25, -0.2) is 0 Å². The second kappa shape index (κ2) is 5.69. The van der Waals surface area contributed by atoms with Crippen LogP contribution in [0.5, 0.6) is 0 Å². The summed E-state index contributed by atoms with van der Waals surface area (Å²) in [5.74, 6) is -0.234. The predicted molar refractivity (Wildman–Crippen MR) is 50.2 cm³/mol. The Morgan fingerprint density at radius 1 is 1.50 bits per heavy atom. The van der Waals surface area contributed by atoms with Gasteiger partial charge in [-0.3, -0.25) is 14.6 Å². The van der Waals surface area contributed by atoms with Crippen molar-refractivity contribution < 1.29 is 9.59 Å². The maximum absolute atomic E-state index is 11.0. The monoisotopic (exact) mass is 193 g/mol. The van der Waals surface area contributed by atoms with E-state index in [1.165, 1.54) is 0 Å². The van der Waals surface area contributed by atoms with Gasteiger partial charge in [0.15, 0.2) is 0 Å². The van der Waals surface area contributed by atoms with Crippen molar-refractivity contribution in [3.8, 4) is 0 Å². The summed E-state index contributed by atoms with van der Waals surface area (Å²) in [6.45, 7) is 0.372. The molecule has 1 rings (SSSR count). The lowest BCUT2D eigenvalue weighted by Gasteiger charge is -2.03. The fraction of sp³-hybridized carbons (Fsp3) is 0.222. The number of amides is 2. The van der Waals surface area contributed by atoms with E-state index in [0.29, 0.717) is 13.0 Å². The van der Waals surface area contributed by atoms with Gasteiger partial charge in [0.25, 0.3) is 0 Å². The minimum atomic E-state index is -0.234. The molecule has 14 heavy (non-hydrogen) atoms. The van der Waals surface area contributed by atoms with Crippen molar-refractivity contribution in [2.24, 2.45) is 0 Å². The van der Waals surface area contributed by atoms with Gasteiger partial charge in [-0.15, -0.1) is 0 Å². The third kappa shape index (κ3) is 3.66. The van der Waals surface area contributed by atoms with Crippen molar-refractivity contribution in [3.63, 3.8) is 0 Å². The van der Waals surface area contributed by atoms with Gasteiger partial charge in [0.2, 0.25) is 12.3 Å². The molecule has 2 N–H and O–H groups in total. The van der Waals surface area contributed by atoms with Gasteiger partial charge in [0, 0.05) is 6.20 Å². The summed E-state index contributed by atoms with van der Waals surface area (Å²) in [6.07, 6.45) is 2.14. The van der Waals surface area contributed by atoms with E-state index in [9.17, 15) is 9.59 Å². The van der Waals surface area contributed by atoms with Gasteiger partial charge in [0.1, 0.15) is 0 Å². The van der Waals surface area contributed by atoms with Crippen molar-refractivity contribution in [3.05, 3.63) is 30.1 Å². The topological polar surface area (TPSA) is 71.1 Å². The lowest BCUT2D eigenvalue weighted by molar-refractivity contribution is -0.122. The molecule has 0 aromatic carbocycles. The van der Waals surface area contributed by atoms with E-state index in [-0.39, 0.29) is 12.5 Å². The quantitative estimate of drug-likeness (QED) is 0.616. The van der Waals surface area contributed by atoms with E-state index >= 15 is 0 Å². The molecule has 0 aliphatic heterocycles. The van der Waals surface area contributed by atoms with Crippen molar-refractivity contribution >= 4 is 12.3 Å². The van der Waals surface area contributed by atoms with Gasteiger partial charge in [-0.2, -0.15) is 0 Å². The Hall–Kier alpha value is -1.91. The molecule has 5 heteroatoms. The summed E-state index contributed by atoms with van der Waals surface area (Å²) < 4.78 is 0. The number of rotatable bonds is 5. The van der Waals surface area contributed by atoms with Crippen LogP contribution in [-0.4, -0.2) is 23.8 Å². The second-order valence-corrected chi connectivity index (χ2v) is 2.60. The van der Waals surface area contributed by atoms with Crippen LogP contribution in [0, 0.1) is 0 Å². The third-order valence-corrected chi connectivity index (χ3v) is 1.54. The Labute approximate surface area is 81.5 Å². The molecule has 0 spiro atoms. The lowest BCUT2D eigenvalue weighted by atomic mass is 10.3. The summed E-state index contributed by atoms with van der Waals surface area (Å²) in [5.41, 5.74) is 0.784. The van der Waals surface area contributed by atoms with Crippen LogP contribution < -0.4 is 10.6 Å². The minimum Gasteiger partial charge on any atom is -0.350 e. The highest BCUT2D eigenvalue weighted by atomic mass is 16.2. The molecular weight excluding hydrogens is 182 g/mol. The standard InChI is InChI=1S/C9H11N3O2/c13-7-10-6-9(14)12-5-8-3-1-2-4-11-8/h1-4,7H,5-6H2,(H,10,13)(H,12,14). The first-order valence-corrected chi connectivity index (χ1v) is 4.16. The Morgan fingerprint density at radius 2 is 2.36 bits per heavy atom. The average Bonchev–Trinajstić information content (AvgIpc) is 2.25. The number of hydrogen-bond donors (Lipinski definition) is 2. The molecular formula is C9H11N3O2. The van der Waals surface area contributed by atoms with E-state index in [1.807, 2.05) is 12.1 Å². The van der Waals surface area contributed by atoms with Gasteiger partial charge >= 0.3 is 0 Å². The Kier molecular flexibility index (Phi) is 4.13. The molecule has 0 fully saturated rings. The van der Waals surface area contributed by atoms with Crippen LogP contribution in [0.15, 0.2) is 24.4 Å². The van der Waals surface area contributed by atoms with Crippen LogP contribution in [0.25, 0.3) is 0 Å². The summed E-state index contributed by atoms with van der Waals surface area (Å²) in [7, 11) is 0. The molecule has 0 saturated heterocycles. The number of nitrogens with one attached hydrogen (secondary N) is 2. The summed E-state index contributed by atoms with van der Waals surface area (Å²) >= 11 is 0. The van der Waals surface area contributed by atoms with Crippen molar-refractivity contribution in [1.82, 2.24) is 15.6 Å². The molecule has 2 amide bonds. The predicted octanol–water partition coefficient (Wildman–Crippen LogP) is -0.556. The Bertz CT molecular complexity index is 300. The van der Waals surface area contributed by atoms with E-state index in [1.54, 1.807) is 12.3 Å². The largest absolute Gasteiger partial charge is 0.350 e. The molecule has 0 unspecified atom stereocenters. The lowest BCUT2D eigenvalue weighted by Crippen LogP contribution is -2.32. The maximum Gasteiger partial charge on any atom is 0.239 e. The van der Waals surface area contributed by atoms with Crippen LogP contribution in [-0.2, 0) is 16.1 Å². The highest BCUT2D eigenvalue weighted by Crippen LogP contribution is 1.91. The average molecular weight is 193 g/mol. The second-order valence-electron chi connectivity index (χ2n) is 2.60. The number of hydrogen-bond acceptors (Lipinski definition) is 3. The molecule has 0 bridgehead atoms. The first-order chi connectivity index (χ1) is 6.83. The molecule has 1 aromatic rings. The van der Waals surface area contributed by atoms with E-state index in [2.05, 4.69) is 15.6 Å². The highest BCUT2D eigenvalue weighted by molar-refractivity contribution is 5.79. The van der Waals surface area contributed by atoms with Crippen LogP contribution >= 0.6 is 0 Å². The zero-order chi connectivity index (χ0) is 10.2. The summed E-state index contributed by atoms with van der Waals surface area (Å²) in [5, 5.41) is 4.88. The molecule has 0 atom stereocenters. The van der Waals surface area contributed by atoms with Gasteiger partial charge in [-0.05, 0) is 12.1 Å². The third-order valence-electron chi connectivity index (χ3n) is 1.54. The Balaban J connectivity index is 2.27. The zero-order valence-corrected chi connectivity index (χ0v) is 7.56. The maximum atomic E-state index is 11.0. The van der Waals surface area contributed by atoms with Crippen LogP contribution in [0.2, 0.25) is 0 Å². The Morgan fingerprint density at radius 3 is 3.00 bits per heavy atom. The first-order valence-electron chi connectivity index (χ1n) is 4.16.